The lowest BCUT2D eigenvalue weighted by molar-refractivity contribution is -0.150. The third-order valence-corrected chi connectivity index (χ3v) is 5.76. The number of aliphatic hydroxyl groups excluding tert-OH is 1. The minimum absolute atomic E-state index is 0.0867. The van der Waals surface area contributed by atoms with Crippen LogP contribution in [0, 0.1) is 0 Å². The van der Waals surface area contributed by atoms with Crippen LogP contribution in [0.2, 0.25) is 0 Å². The quantitative estimate of drug-likeness (QED) is 0.259. The van der Waals surface area contributed by atoms with E-state index in [-0.39, 0.29) is 25.9 Å². The first kappa shape index (κ1) is 24.5. The molecule has 12 heteroatoms. The van der Waals surface area contributed by atoms with Gasteiger partial charge in [-0.2, -0.15) is 0 Å². The van der Waals surface area contributed by atoms with E-state index >= 15 is 0 Å². The summed E-state index contributed by atoms with van der Waals surface area (Å²) in [6.45, 7) is 1.89. The Kier molecular flexibility index (Phi) is 8.34. The highest BCUT2D eigenvalue weighted by atomic mass is 16.4. The first-order chi connectivity index (χ1) is 14.5. The van der Waals surface area contributed by atoms with Crippen molar-refractivity contribution in [1.29, 1.82) is 0 Å². The van der Waals surface area contributed by atoms with Gasteiger partial charge in [-0.15, -0.1) is 0 Å². The fourth-order valence-electron chi connectivity index (χ4n) is 4.00. The zero-order chi connectivity index (χ0) is 23.3. The van der Waals surface area contributed by atoms with Crippen LogP contribution < -0.4 is 16.8 Å². The van der Waals surface area contributed by atoms with Crippen LogP contribution in [-0.2, 0) is 24.0 Å². The Balaban J connectivity index is 2.15. The summed E-state index contributed by atoms with van der Waals surface area (Å²) in [6.07, 6.45) is 0.358. The maximum Gasteiger partial charge on any atom is 0.326 e. The zero-order valence-corrected chi connectivity index (χ0v) is 17.5. The van der Waals surface area contributed by atoms with Crippen molar-refractivity contribution in [2.45, 2.75) is 75.7 Å². The molecule has 0 radical (unpaired) electrons. The second kappa shape index (κ2) is 10.5. The molecule has 2 rings (SSSR count). The predicted molar refractivity (Wildman–Crippen MR) is 107 cm³/mol. The summed E-state index contributed by atoms with van der Waals surface area (Å²) < 4.78 is 0. The molecule has 2 fully saturated rings. The van der Waals surface area contributed by atoms with Crippen molar-refractivity contribution < 1.29 is 34.2 Å². The van der Waals surface area contributed by atoms with E-state index in [0.717, 1.165) is 0 Å². The van der Waals surface area contributed by atoms with Crippen molar-refractivity contribution in [2.24, 2.45) is 11.5 Å². The molecule has 0 saturated carbocycles. The summed E-state index contributed by atoms with van der Waals surface area (Å²) in [5, 5.41) is 21.5. The number of nitrogens with zero attached hydrogens (tertiary/aromatic N) is 2. The molecule has 7 N–H and O–H groups in total. The van der Waals surface area contributed by atoms with Gasteiger partial charge in [0.05, 0.1) is 6.10 Å². The molecule has 0 aromatic heterocycles. The maximum absolute atomic E-state index is 13.0. The molecule has 0 bridgehead atoms. The van der Waals surface area contributed by atoms with Gasteiger partial charge in [-0.05, 0) is 39.0 Å². The number of primary amides is 1. The molecule has 2 saturated heterocycles. The largest absolute Gasteiger partial charge is 0.480 e. The average Bonchev–Trinajstić information content (AvgIpc) is 3.38. The number of nitrogens with one attached hydrogen (secondary N) is 1. The van der Waals surface area contributed by atoms with Gasteiger partial charge in [0.2, 0.25) is 23.6 Å². The summed E-state index contributed by atoms with van der Waals surface area (Å²) >= 11 is 0. The minimum Gasteiger partial charge on any atom is -0.480 e. The van der Waals surface area contributed by atoms with Crippen molar-refractivity contribution in [3.8, 4) is 0 Å². The van der Waals surface area contributed by atoms with Crippen molar-refractivity contribution >= 4 is 29.6 Å². The topological polar surface area (TPSA) is 196 Å². The Hall–Kier alpha value is -2.73. The van der Waals surface area contributed by atoms with E-state index in [9.17, 15) is 34.2 Å². The molecule has 2 heterocycles. The SMILES string of the molecule is CC(O)C(N)C(=O)N1CCCC1C(=O)NC(CCC(N)=O)C(=O)N1CCCC1C(=O)O. The van der Waals surface area contributed by atoms with Gasteiger partial charge < -0.3 is 36.8 Å². The number of hydrogen-bond acceptors (Lipinski definition) is 7. The van der Waals surface area contributed by atoms with Gasteiger partial charge in [-0.25, -0.2) is 4.79 Å². The molecule has 2 aliphatic rings. The molecule has 174 valence electrons. The molecular weight excluding hydrogens is 410 g/mol. The Morgan fingerprint density at radius 2 is 1.58 bits per heavy atom. The summed E-state index contributed by atoms with van der Waals surface area (Å²) in [4.78, 5) is 63.6. The monoisotopic (exact) mass is 441 g/mol. The van der Waals surface area contributed by atoms with Crippen molar-refractivity contribution in [3.63, 3.8) is 0 Å². The second-order valence-electron chi connectivity index (χ2n) is 8.05. The first-order valence-corrected chi connectivity index (χ1v) is 10.4. The van der Waals surface area contributed by atoms with Crippen molar-refractivity contribution in [3.05, 3.63) is 0 Å². The first-order valence-electron chi connectivity index (χ1n) is 10.4. The van der Waals surface area contributed by atoms with Gasteiger partial charge >= 0.3 is 5.97 Å². The lowest BCUT2D eigenvalue weighted by Gasteiger charge is -2.31. The summed E-state index contributed by atoms with van der Waals surface area (Å²) in [7, 11) is 0. The summed E-state index contributed by atoms with van der Waals surface area (Å²) in [5.41, 5.74) is 10.9. The van der Waals surface area contributed by atoms with E-state index in [1.165, 1.54) is 16.7 Å². The minimum atomic E-state index is -1.18. The molecule has 5 atom stereocenters. The number of carbonyl (C=O) groups excluding carboxylic acids is 4. The van der Waals surface area contributed by atoms with Crippen LogP contribution in [-0.4, -0.2) is 93.0 Å². The summed E-state index contributed by atoms with van der Waals surface area (Å²) in [5.74, 6) is -3.57. The van der Waals surface area contributed by atoms with Crippen LogP contribution in [0.5, 0.6) is 0 Å². The number of carbonyl (C=O) groups is 5. The number of carboxylic acid groups (broad SMARTS) is 1. The highest BCUT2D eigenvalue weighted by molar-refractivity contribution is 5.95. The Labute approximate surface area is 179 Å². The fourth-order valence-corrected chi connectivity index (χ4v) is 4.00. The van der Waals surface area contributed by atoms with Crippen molar-refractivity contribution in [2.75, 3.05) is 13.1 Å². The van der Waals surface area contributed by atoms with Gasteiger partial charge in [-0.1, -0.05) is 0 Å². The molecule has 31 heavy (non-hydrogen) atoms. The van der Waals surface area contributed by atoms with Crippen LogP contribution in [0.15, 0.2) is 0 Å². The number of hydrogen-bond donors (Lipinski definition) is 5. The van der Waals surface area contributed by atoms with E-state index in [1.54, 1.807) is 0 Å². The standard InChI is InChI=1S/C19H31N5O7/c1-10(25)15(21)18(29)23-8-2-4-12(23)16(27)22-11(6-7-14(20)26)17(28)24-9-3-5-13(24)19(30)31/h10-13,15,25H,2-9,21H2,1H3,(H2,20,26)(H,22,27)(H,30,31). The lowest BCUT2D eigenvalue weighted by atomic mass is 10.1. The number of carboxylic acids is 1. The zero-order valence-electron chi connectivity index (χ0n) is 17.5. The van der Waals surface area contributed by atoms with E-state index in [2.05, 4.69) is 5.32 Å². The number of aliphatic carboxylic acids is 1. The van der Waals surface area contributed by atoms with Gasteiger partial charge in [0.25, 0.3) is 0 Å². The van der Waals surface area contributed by atoms with E-state index in [1.807, 2.05) is 0 Å². The van der Waals surface area contributed by atoms with Crippen LogP contribution in [0.3, 0.4) is 0 Å². The molecule has 12 nitrogen and oxygen atoms in total. The fraction of sp³-hybridized carbons (Fsp3) is 0.737. The second-order valence-corrected chi connectivity index (χ2v) is 8.05. The van der Waals surface area contributed by atoms with Gasteiger partial charge in [0.1, 0.15) is 24.2 Å². The Morgan fingerprint density at radius 3 is 2.10 bits per heavy atom. The van der Waals surface area contributed by atoms with Gasteiger partial charge in [-0.3, -0.25) is 19.2 Å². The maximum atomic E-state index is 13.0. The predicted octanol–water partition coefficient (Wildman–Crippen LogP) is -2.49. The number of amides is 4. The Bertz CT molecular complexity index is 728. The van der Waals surface area contributed by atoms with E-state index in [4.69, 9.17) is 11.5 Å². The summed E-state index contributed by atoms with van der Waals surface area (Å²) in [6, 6.07) is -4.20. The van der Waals surface area contributed by atoms with Crippen LogP contribution in [0.25, 0.3) is 0 Å². The number of rotatable bonds is 9. The van der Waals surface area contributed by atoms with E-state index in [0.29, 0.717) is 25.7 Å². The smallest absolute Gasteiger partial charge is 0.326 e. The van der Waals surface area contributed by atoms with Crippen LogP contribution >= 0.6 is 0 Å². The molecular formula is C19H31N5O7. The molecule has 0 aromatic carbocycles. The highest BCUT2D eigenvalue weighted by Crippen LogP contribution is 2.22. The third kappa shape index (κ3) is 5.91. The highest BCUT2D eigenvalue weighted by Gasteiger charge is 2.41. The van der Waals surface area contributed by atoms with Gasteiger partial charge in [0.15, 0.2) is 0 Å². The molecule has 4 amide bonds. The number of nitrogens with two attached hydrogens (primary N) is 2. The van der Waals surface area contributed by atoms with Gasteiger partial charge in [0, 0.05) is 19.5 Å². The molecule has 5 unspecified atom stereocenters. The van der Waals surface area contributed by atoms with E-state index < -0.39 is 59.9 Å². The normalized spacial score (nSPS) is 23.8. The third-order valence-electron chi connectivity index (χ3n) is 5.76. The lowest BCUT2D eigenvalue weighted by Crippen LogP contribution is -2.57. The average molecular weight is 441 g/mol. The molecule has 0 spiro atoms. The molecule has 0 aromatic rings. The Morgan fingerprint density at radius 1 is 1.03 bits per heavy atom. The number of aliphatic hydroxyl groups is 1. The van der Waals surface area contributed by atoms with Crippen molar-refractivity contribution in [1.82, 2.24) is 15.1 Å². The molecule has 0 aliphatic carbocycles. The van der Waals surface area contributed by atoms with Crippen LogP contribution in [0.1, 0.15) is 45.4 Å². The molecule has 2 aliphatic heterocycles. The number of likely N-dealkylation sites (tertiary alicyclic amines) is 2. The van der Waals surface area contributed by atoms with Crippen LogP contribution in [0.4, 0.5) is 0 Å².